The van der Waals surface area contributed by atoms with Crippen LogP contribution >= 0.6 is 11.6 Å². The number of benzene rings is 1. The van der Waals surface area contributed by atoms with Gasteiger partial charge in [-0.15, -0.1) is 0 Å². The van der Waals surface area contributed by atoms with Crippen LogP contribution in [0.1, 0.15) is 18.7 Å². The molecule has 1 saturated heterocycles. The zero-order chi connectivity index (χ0) is 9.97. The maximum atomic E-state index is 5.85. The fraction of sp³-hybridized carbons (Fsp3) is 0.455. The smallest absolute Gasteiger partial charge is 0.0861 e. The van der Waals surface area contributed by atoms with Gasteiger partial charge in [-0.1, -0.05) is 30.7 Å². The van der Waals surface area contributed by atoms with Gasteiger partial charge in [0.1, 0.15) is 0 Å². The number of hydrogen-bond acceptors (Lipinski definition) is 2. The van der Waals surface area contributed by atoms with Crippen LogP contribution in [0, 0.1) is 0 Å². The molecule has 0 bridgehead atoms. The molecule has 1 heterocycles. The SMILES string of the molecule is CCN1CCNC1c1ccc(Cl)cc1. The molecule has 1 aliphatic heterocycles. The van der Waals surface area contributed by atoms with Crippen molar-refractivity contribution in [1.82, 2.24) is 10.2 Å². The summed E-state index contributed by atoms with van der Waals surface area (Å²) in [4.78, 5) is 2.42. The first-order valence-corrected chi connectivity index (χ1v) is 5.42. The Bertz CT molecular complexity index is 297. The van der Waals surface area contributed by atoms with Crippen molar-refractivity contribution in [2.45, 2.75) is 13.1 Å². The number of likely N-dealkylation sites (N-methyl/N-ethyl adjacent to an activating group) is 1. The van der Waals surface area contributed by atoms with Crippen molar-refractivity contribution in [2.75, 3.05) is 19.6 Å². The van der Waals surface area contributed by atoms with Crippen molar-refractivity contribution in [3.63, 3.8) is 0 Å². The van der Waals surface area contributed by atoms with Gasteiger partial charge in [0.25, 0.3) is 0 Å². The predicted octanol–water partition coefficient (Wildman–Crippen LogP) is 2.26. The van der Waals surface area contributed by atoms with Crippen LogP contribution in [-0.2, 0) is 0 Å². The first-order chi connectivity index (χ1) is 6.81. The van der Waals surface area contributed by atoms with Crippen molar-refractivity contribution >= 4 is 11.6 Å². The Labute approximate surface area is 89.9 Å². The standard InChI is InChI=1S/C11H15ClN2/c1-2-14-8-7-13-11(14)9-3-5-10(12)6-4-9/h3-6,11,13H,2,7-8H2,1H3. The van der Waals surface area contributed by atoms with E-state index in [4.69, 9.17) is 11.6 Å². The molecule has 1 atom stereocenters. The number of hydrogen-bond donors (Lipinski definition) is 1. The third-order valence-corrected chi connectivity index (χ3v) is 2.95. The van der Waals surface area contributed by atoms with Crippen LogP contribution in [0.3, 0.4) is 0 Å². The van der Waals surface area contributed by atoms with Crippen molar-refractivity contribution in [1.29, 1.82) is 0 Å². The van der Waals surface area contributed by atoms with Crippen molar-refractivity contribution < 1.29 is 0 Å². The Morgan fingerprint density at radius 3 is 2.79 bits per heavy atom. The lowest BCUT2D eigenvalue weighted by molar-refractivity contribution is 0.258. The lowest BCUT2D eigenvalue weighted by atomic mass is 10.1. The van der Waals surface area contributed by atoms with E-state index in [9.17, 15) is 0 Å². The molecule has 14 heavy (non-hydrogen) atoms. The molecule has 2 nitrogen and oxygen atoms in total. The minimum Gasteiger partial charge on any atom is -0.297 e. The van der Waals surface area contributed by atoms with Gasteiger partial charge in [0, 0.05) is 18.1 Å². The maximum absolute atomic E-state index is 5.85. The monoisotopic (exact) mass is 210 g/mol. The fourth-order valence-electron chi connectivity index (χ4n) is 1.92. The van der Waals surface area contributed by atoms with E-state index in [-0.39, 0.29) is 0 Å². The lowest BCUT2D eigenvalue weighted by Crippen LogP contribution is -2.27. The summed E-state index contributed by atoms with van der Waals surface area (Å²) in [6.07, 6.45) is 0.372. The molecule has 1 N–H and O–H groups in total. The van der Waals surface area contributed by atoms with Crippen LogP contribution in [-0.4, -0.2) is 24.5 Å². The molecular formula is C11H15ClN2. The van der Waals surface area contributed by atoms with Gasteiger partial charge in [-0.05, 0) is 24.2 Å². The minimum atomic E-state index is 0.372. The van der Waals surface area contributed by atoms with E-state index in [2.05, 4.69) is 29.3 Å². The Hall–Kier alpha value is -0.570. The predicted molar refractivity (Wildman–Crippen MR) is 59.4 cm³/mol. The highest BCUT2D eigenvalue weighted by atomic mass is 35.5. The van der Waals surface area contributed by atoms with Crippen LogP contribution in [0.2, 0.25) is 5.02 Å². The number of nitrogens with zero attached hydrogens (tertiary/aromatic N) is 1. The molecule has 1 aromatic rings. The second-order valence-corrected chi connectivity index (χ2v) is 3.97. The van der Waals surface area contributed by atoms with Gasteiger partial charge in [0.05, 0.1) is 6.17 Å². The van der Waals surface area contributed by atoms with Crippen LogP contribution in [0.4, 0.5) is 0 Å². The molecule has 1 aliphatic rings. The summed E-state index contributed by atoms with van der Waals surface area (Å²) < 4.78 is 0. The van der Waals surface area contributed by atoms with Gasteiger partial charge >= 0.3 is 0 Å². The molecule has 1 fully saturated rings. The quantitative estimate of drug-likeness (QED) is 0.806. The van der Waals surface area contributed by atoms with Gasteiger partial charge in [-0.3, -0.25) is 10.2 Å². The van der Waals surface area contributed by atoms with E-state index in [1.807, 2.05) is 12.1 Å². The van der Waals surface area contributed by atoms with E-state index < -0.39 is 0 Å². The summed E-state index contributed by atoms with van der Waals surface area (Å²) in [6.45, 7) is 5.47. The van der Waals surface area contributed by atoms with Crippen molar-refractivity contribution in [2.24, 2.45) is 0 Å². The summed E-state index contributed by atoms with van der Waals surface area (Å²) in [5.74, 6) is 0. The molecule has 0 amide bonds. The first-order valence-electron chi connectivity index (χ1n) is 5.04. The van der Waals surface area contributed by atoms with Crippen LogP contribution in [0.25, 0.3) is 0 Å². The molecule has 0 aromatic heterocycles. The van der Waals surface area contributed by atoms with E-state index in [0.29, 0.717) is 6.17 Å². The molecular weight excluding hydrogens is 196 g/mol. The summed E-state index contributed by atoms with van der Waals surface area (Å²) in [5, 5.41) is 4.28. The number of nitrogens with one attached hydrogen (secondary N) is 1. The van der Waals surface area contributed by atoms with Crippen molar-refractivity contribution in [3.8, 4) is 0 Å². The van der Waals surface area contributed by atoms with Gasteiger partial charge in [-0.2, -0.15) is 0 Å². The molecule has 2 rings (SSSR count). The van der Waals surface area contributed by atoms with E-state index >= 15 is 0 Å². The highest BCUT2D eigenvalue weighted by molar-refractivity contribution is 6.30. The minimum absolute atomic E-state index is 0.372. The second-order valence-electron chi connectivity index (χ2n) is 3.54. The molecule has 0 aliphatic carbocycles. The maximum Gasteiger partial charge on any atom is 0.0861 e. The molecule has 0 saturated carbocycles. The van der Waals surface area contributed by atoms with E-state index in [1.165, 1.54) is 5.56 Å². The van der Waals surface area contributed by atoms with Gasteiger partial charge in [0.2, 0.25) is 0 Å². The molecule has 76 valence electrons. The molecule has 1 aromatic carbocycles. The van der Waals surface area contributed by atoms with Crippen LogP contribution < -0.4 is 5.32 Å². The Balaban J connectivity index is 2.17. The highest BCUT2D eigenvalue weighted by Crippen LogP contribution is 2.22. The number of halogens is 1. The average Bonchev–Trinajstić information content (AvgIpc) is 2.67. The lowest BCUT2D eigenvalue weighted by Gasteiger charge is -2.22. The average molecular weight is 211 g/mol. The summed E-state index contributed by atoms with van der Waals surface area (Å²) >= 11 is 5.85. The van der Waals surface area contributed by atoms with Crippen LogP contribution in [0.15, 0.2) is 24.3 Å². The Morgan fingerprint density at radius 1 is 1.43 bits per heavy atom. The zero-order valence-electron chi connectivity index (χ0n) is 8.33. The fourth-order valence-corrected chi connectivity index (χ4v) is 2.04. The van der Waals surface area contributed by atoms with Gasteiger partial charge in [-0.25, -0.2) is 0 Å². The Kier molecular flexibility index (Phi) is 3.06. The Morgan fingerprint density at radius 2 is 2.14 bits per heavy atom. The molecule has 3 heteroatoms. The summed E-state index contributed by atoms with van der Waals surface area (Å²) in [6, 6.07) is 8.08. The molecule has 1 unspecified atom stereocenters. The van der Waals surface area contributed by atoms with Gasteiger partial charge in [0.15, 0.2) is 0 Å². The second kappa shape index (κ2) is 4.30. The third-order valence-electron chi connectivity index (χ3n) is 2.69. The molecule has 0 spiro atoms. The normalized spacial score (nSPS) is 22.9. The van der Waals surface area contributed by atoms with Gasteiger partial charge < -0.3 is 0 Å². The van der Waals surface area contributed by atoms with E-state index in [1.54, 1.807) is 0 Å². The first kappa shape index (κ1) is 9.97. The third kappa shape index (κ3) is 1.92. The highest BCUT2D eigenvalue weighted by Gasteiger charge is 2.23. The van der Waals surface area contributed by atoms with E-state index in [0.717, 1.165) is 24.7 Å². The van der Waals surface area contributed by atoms with Crippen molar-refractivity contribution in [3.05, 3.63) is 34.9 Å². The zero-order valence-corrected chi connectivity index (χ0v) is 9.09. The largest absolute Gasteiger partial charge is 0.297 e. The van der Waals surface area contributed by atoms with Crippen LogP contribution in [0.5, 0.6) is 0 Å². The topological polar surface area (TPSA) is 15.3 Å². The molecule has 0 radical (unpaired) electrons. The summed E-state index contributed by atoms with van der Waals surface area (Å²) in [5.41, 5.74) is 1.30. The summed E-state index contributed by atoms with van der Waals surface area (Å²) in [7, 11) is 0. The number of rotatable bonds is 2.